The normalized spacial score (nSPS) is 29.2. The SMILES string of the molecule is C[C@@H](CS(=O)(=O)Cn1ncnn1)[C@H]1C(=O)N2C(C(=O)O)=C(S[C@@H]3CN[C@H](C(=O)N(C)C)C3)[C@H](C)[C@H]12. The first-order chi connectivity index (χ1) is 16.4. The van der Waals surface area contributed by atoms with Gasteiger partial charge in [0.25, 0.3) is 0 Å². The number of carbonyl (C=O) groups is 3. The standard InChI is InChI=1S/C20H29N7O6S2/c1-10(7-35(32,33)9-26-23-8-22-24-26)14-15-11(2)17(16(20(30)31)27(15)19(14)29)34-12-5-13(21-6-12)18(28)25(3)4/h8,10-15,21H,5-7,9H2,1-4H3,(H,30,31)/t10-,11+,12-,13-,14+,15+/m0/s1. The Morgan fingerprint density at radius 3 is 2.69 bits per heavy atom. The Morgan fingerprint density at radius 1 is 1.37 bits per heavy atom. The number of amides is 2. The molecule has 2 fully saturated rings. The number of carboxylic acids is 1. The fourth-order valence-corrected chi connectivity index (χ4v) is 8.28. The van der Waals surface area contributed by atoms with E-state index in [9.17, 15) is 27.9 Å². The number of carbonyl (C=O) groups excluding carboxylic acids is 2. The second kappa shape index (κ2) is 9.50. The highest BCUT2D eigenvalue weighted by molar-refractivity contribution is 8.03. The molecule has 3 aliphatic rings. The molecule has 4 rings (SSSR count). The number of rotatable bonds is 9. The van der Waals surface area contributed by atoms with E-state index in [-0.39, 0.29) is 40.5 Å². The van der Waals surface area contributed by atoms with Gasteiger partial charge in [0, 0.05) is 36.7 Å². The monoisotopic (exact) mass is 527 g/mol. The van der Waals surface area contributed by atoms with Crippen LogP contribution >= 0.6 is 11.8 Å². The molecule has 0 saturated carbocycles. The van der Waals surface area contributed by atoms with E-state index in [2.05, 4.69) is 20.7 Å². The predicted molar refractivity (Wildman–Crippen MR) is 125 cm³/mol. The Hall–Kier alpha value is -2.52. The number of nitrogens with zero attached hydrogens (tertiary/aromatic N) is 6. The van der Waals surface area contributed by atoms with Crippen LogP contribution in [-0.4, -0.2) is 105 Å². The van der Waals surface area contributed by atoms with E-state index < -0.39 is 39.6 Å². The van der Waals surface area contributed by atoms with Crippen LogP contribution in [0.2, 0.25) is 0 Å². The molecule has 2 N–H and O–H groups in total. The van der Waals surface area contributed by atoms with E-state index in [1.54, 1.807) is 21.0 Å². The lowest BCUT2D eigenvalue weighted by atomic mass is 9.75. The molecular formula is C20H29N7O6S2. The molecule has 0 radical (unpaired) electrons. The van der Waals surface area contributed by atoms with Crippen LogP contribution in [0.3, 0.4) is 0 Å². The first-order valence-electron chi connectivity index (χ1n) is 11.2. The first-order valence-corrected chi connectivity index (χ1v) is 13.9. The zero-order valence-electron chi connectivity index (χ0n) is 19.9. The maximum absolute atomic E-state index is 13.1. The number of aromatic nitrogens is 4. The van der Waals surface area contributed by atoms with Crippen molar-refractivity contribution in [2.24, 2.45) is 17.8 Å². The number of β-lactam (4-membered cyclic amide) rings is 1. The van der Waals surface area contributed by atoms with Gasteiger partial charge in [-0.3, -0.25) is 9.59 Å². The second-order valence-electron chi connectivity index (χ2n) is 9.53. The number of hydrogen-bond donors (Lipinski definition) is 2. The minimum atomic E-state index is -3.63. The van der Waals surface area contributed by atoms with Crippen molar-refractivity contribution in [3.8, 4) is 0 Å². The number of nitrogens with one attached hydrogen (secondary N) is 1. The molecule has 1 aromatic heterocycles. The molecule has 0 aliphatic carbocycles. The third-order valence-corrected chi connectivity index (χ3v) is 9.92. The fraction of sp³-hybridized carbons (Fsp3) is 0.700. The molecule has 0 aromatic carbocycles. The Labute approximate surface area is 207 Å². The number of tetrazole rings is 1. The lowest BCUT2D eigenvalue weighted by molar-refractivity contribution is -0.159. The molecule has 3 aliphatic heterocycles. The van der Waals surface area contributed by atoms with Crippen LogP contribution in [0, 0.1) is 17.8 Å². The van der Waals surface area contributed by atoms with Gasteiger partial charge in [-0.1, -0.05) is 13.8 Å². The molecule has 1 aromatic rings. The number of carboxylic acid groups (broad SMARTS) is 1. The van der Waals surface area contributed by atoms with Gasteiger partial charge in [-0.25, -0.2) is 13.2 Å². The molecule has 0 bridgehead atoms. The van der Waals surface area contributed by atoms with Crippen molar-refractivity contribution < 1.29 is 27.9 Å². The van der Waals surface area contributed by atoms with Crippen LogP contribution < -0.4 is 5.32 Å². The van der Waals surface area contributed by atoms with Crippen LogP contribution in [0.15, 0.2) is 16.9 Å². The summed E-state index contributed by atoms with van der Waals surface area (Å²) < 4.78 is 25.3. The van der Waals surface area contributed by atoms with Gasteiger partial charge in [0.1, 0.15) is 5.70 Å². The summed E-state index contributed by atoms with van der Waals surface area (Å²) in [6.45, 7) is 4.12. The summed E-state index contributed by atoms with van der Waals surface area (Å²) in [5.74, 6) is -3.68. The molecule has 35 heavy (non-hydrogen) atoms. The Morgan fingerprint density at radius 2 is 2.09 bits per heavy atom. The molecule has 15 heteroatoms. The quantitative estimate of drug-likeness (QED) is 0.378. The van der Waals surface area contributed by atoms with Crippen LogP contribution in [0.25, 0.3) is 0 Å². The highest BCUT2D eigenvalue weighted by Gasteiger charge is 2.60. The lowest BCUT2D eigenvalue weighted by Crippen LogP contribution is -2.63. The minimum Gasteiger partial charge on any atom is -0.477 e. The number of hydrogen-bond acceptors (Lipinski definition) is 10. The molecule has 0 unspecified atom stereocenters. The summed E-state index contributed by atoms with van der Waals surface area (Å²) in [7, 11) is -0.251. The third-order valence-electron chi connectivity index (χ3n) is 6.75. The van der Waals surface area contributed by atoms with Crippen molar-refractivity contribution >= 4 is 39.4 Å². The summed E-state index contributed by atoms with van der Waals surface area (Å²) >= 11 is 1.40. The van der Waals surface area contributed by atoms with Crippen molar-refractivity contribution in [2.45, 2.75) is 43.5 Å². The molecule has 13 nitrogen and oxygen atoms in total. The number of aliphatic carboxylic acids is 1. The van der Waals surface area contributed by atoms with Crippen LogP contribution in [0.1, 0.15) is 20.3 Å². The zero-order chi connectivity index (χ0) is 25.7. The summed E-state index contributed by atoms with van der Waals surface area (Å²) in [6, 6.07) is -0.747. The average molecular weight is 528 g/mol. The number of sulfone groups is 1. The van der Waals surface area contributed by atoms with Crippen molar-refractivity contribution in [1.82, 2.24) is 35.3 Å². The smallest absolute Gasteiger partial charge is 0.353 e. The summed E-state index contributed by atoms with van der Waals surface area (Å²) in [6.07, 6.45) is 1.70. The Balaban J connectivity index is 1.47. The van der Waals surface area contributed by atoms with E-state index in [4.69, 9.17) is 0 Å². The molecule has 0 spiro atoms. The molecule has 2 amide bonds. The van der Waals surface area contributed by atoms with Crippen LogP contribution in [0.4, 0.5) is 0 Å². The Bertz CT molecular complexity index is 1150. The van der Waals surface area contributed by atoms with Crippen molar-refractivity contribution in [3.05, 3.63) is 16.9 Å². The molecule has 2 saturated heterocycles. The minimum absolute atomic E-state index is 0.0177. The fourth-order valence-electron chi connectivity index (χ4n) is 5.22. The summed E-state index contributed by atoms with van der Waals surface area (Å²) in [5, 5.41) is 23.9. The van der Waals surface area contributed by atoms with Gasteiger partial charge in [-0.15, -0.1) is 26.8 Å². The zero-order valence-corrected chi connectivity index (χ0v) is 21.5. The maximum Gasteiger partial charge on any atom is 0.353 e. The van der Waals surface area contributed by atoms with Gasteiger partial charge in [-0.05, 0) is 17.6 Å². The molecule has 6 atom stereocenters. The van der Waals surface area contributed by atoms with Crippen molar-refractivity contribution in [1.29, 1.82) is 0 Å². The van der Waals surface area contributed by atoms with E-state index in [1.807, 2.05) is 6.92 Å². The highest BCUT2D eigenvalue weighted by atomic mass is 32.2. The van der Waals surface area contributed by atoms with Gasteiger partial charge >= 0.3 is 5.97 Å². The van der Waals surface area contributed by atoms with Gasteiger partial charge in [0.05, 0.1) is 23.8 Å². The van der Waals surface area contributed by atoms with Gasteiger partial charge < -0.3 is 20.2 Å². The lowest BCUT2D eigenvalue weighted by Gasteiger charge is -2.47. The van der Waals surface area contributed by atoms with Gasteiger partial charge in [-0.2, -0.15) is 0 Å². The largest absolute Gasteiger partial charge is 0.477 e. The third kappa shape index (κ3) is 4.80. The molecule has 192 valence electrons. The van der Waals surface area contributed by atoms with E-state index >= 15 is 0 Å². The Kier molecular flexibility index (Phi) is 6.94. The number of likely N-dealkylation sites (N-methyl/N-ethyl adjacent to an activating group) is 1. The molecule has 4 heterocycles. The predicted octanol–water partition coefficient (Wildman–Crippen LogP) is -0.994. The van der Waals surface area contributed by atoms with Crippen LogP contribution in [0.5, 0.6) is 0 Å². The van der Waals surface area contributed by atoms with E-state index in [1.165, 1.54) is 21.6 Å². The van der Waals surface area contributed by atoms with Crippen LogP contribution in [-0.2, 0) is 30.1 Å². The second-order valence-corrected chi connectivity index (χ2v) is 12.9. The summed E-state index contributed by atoms with van der Waals surface area (Å²) in [4.78, 5) is 41.9. The maximum atomic E-state index is 13.1. The number of fused-ring (bicyclic) bond motifs is 1. The number of thioether (sulfide) groups is 1. The molecular weight excluding hydrogens is 498 g/mol. The van der Waals surface area contributed by atoms with Gasteiger partial charge in [0.15, 0.2) is 22.0 Å². The van der Waals surface area contributed by atoms with Crippen molar-refractivity contribution in [2.75, 3.05) is 26.4 Å². The summed E-state index contributed by atoms with van der Waals surface area (Å²) in [5.41, 5.74) is -0.0296. The van der Waals surface area contributed by atoms with Crippen molar-refractivity contribution in [3.63, 3.8) is 0 Å². The topological polar surface area (TPSA) is 168 Å². The van der Waals surface area contributed by atoms with E-state index in [0.717, 1.165) is 11.1 Å². The first kappa shape index (κ1) is 25.6. The van der Waals surface area contributed by atoms with Gasteiger partial charge in [0.2, 0.25) is 11.8 Å². The highest BCUT2D eigenvalue weighted by Crippen LogP contribution is 2.53. The van der Waals surface area contributed by atoms with E-state index in [0.29, 0.717) is 17.9 Å². The average Bonchev–Trinajstić information content (AvgIpc) is 3.47.